The number of aliphatic hydroxyl groups is 1. The zero-order valence-corrected chi connectivity index (χ0v) is 18.0. The highest BCUT2D eigenvalue weighted by atomic mass is 32.2. The summed E-state index contributed by atoms with van der Waals surface area (Å²) in [6.45, 7) is 3.60. The smallest absolute Gasteiger partial charge is 0.330 e. The van der Waals surface area contributed by atoms with Gasteiger partial charge >= 0.3 is 20.3 Å². The van der Waals surface area contributed by atoms with Crippen molar-refractivity contribution in [3.05, 3.63) is 65.2 Å². The number of aryl methyl sites for hydroxylation is 1. The van der Waals surface area contributed by atoms with Crippen LogP contribution in [-0.2, 0) is 26.7 Å². The van der Waals surface area contributed by atoms with Gasteiger partial charge in [0.25, 0.3) is 0 Å². The normalized spacial score (nSPS) is 15.5. The molecule has 3 N–H and O–H groups in total. The summed E-state index contributed by atoms with van der Waals surface area (Å²) in [6, 6.07) is 9.48. The molecule has 3 rings (SSSR count). The van der Waals surface area contributed by atoms with Crippen LogP contribution in [0, 0.1) is 6.92 Å². The topological polar surface area (TPSA) is 133 Å². The van der Waals surface area contributed by atoms with E-state index in [4.69, 9.17) is 4.18 Å². The van der Waals surface area contributed by atoms with Gasteiger partial charge in [-0.1, -0.05) is 30.7 Å². The summed E-state index contributed by atoms with van der Waals surface area (Å²) in [5.41, 5.74) is 2.08. The number of anilines is 1. The van der Waals surface area contributed by atoms with Crippen LogP contribution in [0.1, 0.15) is 30.0 Å². The molecular formula is C19H22N2O7S2. The lowest BCUT2D eigenvalue weighted by Crippen LogP contribution is -2.29. The molecule has 1 heterocycles. The van der Waals surface area contributed by atoms with E-state index in [0.717, 1.165) is 16.1 Å². The largest absolute Gasteiger partial charge is 0.506 e. The number of phenolic OH excluding ortho intramolecular Hbond substituents is 1. The lowest BCUT2D eigenvalue weighted by molar-refractivity contribution is 0.392. The van der Waals surface area contributed by atoms with Crippen LogP contribution in [0.5, 0.6) is 11.5 Å². The standard InChI is InChI=1S/C19H22N2O7S2/c1-3-8-29(24,25)28-18-7-4-13(2)9-15(18)10-14-5-6-16(17(22)11-14)21-12-19(23)20-30(21,26)27/h4-7,9,11-12,20,22-23H,3,8,10H2,1-2H3. The Balaban J connectivity index is 1.91. The molecule has 0 saturated carbocycles. The molecule has 0 aromatic heterocycles. The second kappa shape index (κ2) is 8.07. The van der Waals surface area contributed by atoms with E-state index in [1.54, 1.807) is 31.2 Å². The second-order valence-electron chi connectivity index (χ2n) is 6.87. The predicted molar refractivity (Wildman–Crippen MR) is 112 cm³/mol. The van der Waals surface area contributed by atoms with Crippen LogP contribution in [-0.4, -0.2) is 32.8 Å². The third-order valence-corrected chi connectivity index (χ3v) is 6.92. The van der Waals surface area contributed by atoms with E-state index in [2.05, 4.69) is 0 Å². The molecule has 2 aromatic rings. The maximum Gasteiger partial charge on any atom is 0.330 e. The molecule has 0 radical (unpaired) electrons. The molecule has 0 atom stereocenters. The molecule has 9 nitrogen and oxygen atoms in total. The van der Waals surface area contributed by atoms with Gasteiger partial charge in [-0.15, -0.1) is 0 Å². The molecule has 0 bridgehead atoms. The van der Waals surface area contributed by atoms with Crippen molar-refractivity contribution in [2.24, 2.45) is 0 Å². The fraction of sp³-hybridized carbons (Fsp3) is 0.263. The average molecular weight is 455 g/mol. The van der Waals surface area contributed by atoms with E-state index < -0.39 is 26.2 Å². The maximum atomic E-state index is 12.1. The zero-order chi connectivity index (χ0) is 22.1. The zero-order valence-electron chi connectivity index (χ0n) is 16.4. The predicted octanol–water partition coefficient (Wildman–Crippen LogP) is 2.42. The quantitative estimate of drug-likeness (QED) is 0.547. The highest BCUT2D eigenvalue weighted by Gasteiger charge is 2.30. The van der Waals surface area contributed by atoms with Crippen molar-refractivity contribution in [2.75, 3.05) is 10.1 Å². The van der Waals surface area contributed by atoms with Crippen molar-refractivity contribution in [1.82, 2.24) is 4.72 Å². The Morgan fingerprint density at radius 3 is 2.47 bits per heavy atom. The van der Waals surface area contributed by atoms with E-state index >= 15 is 0 Å². The summed E-state index contributed by atoms with van der Waals surface area (Å²) >= 11 is 0. The summed E-state index contributed by atoms with van der Waals surface area (Å²) in [6.07, 6.45) is 1.62. The fourth-order valence-electron chi connectivity index (χ4n) is 3.03. The number of aromatic hydroxyl groups is 1. The first-order valence-corrected chi connectivity index (χ1v) is 12.1. The summed E-state index contributed by atoms with van der Waals surface area (Å²) in [5, 5.41) is 19.8. The minimum atomic E-state index is -4.03. The van der Waals surface area contributed by atoms with Crippen LogP contribution in [0.3, 0.4) is 0 Å². The molecule has 1 aliphatic heterocycles. The van der Waals surface area contributed by atoms with Crippen molar-refractivity contribution in [2.45, 2.75) is 26.7 Å². The maximum absolute atomic E-state index is 12.1. The molecule has 0 fully saturated rings. The third-order valence-electron chi connectivity index (χ3n) is 4.29. The minimum Gasteiger partial charge on any atom is -0.506 e. The lowest BCUT2D eigenvalue weighted by atomic mass is 10.0. The van der Waals surface area contributed by atoms with E-state index in [1.165, 1.54) is 12.1 Å². The van der Waals surface area contributed by atoms with E-state index in [1.807, 2.05) is 11.6 Å². The molecule has 2 aromatic carbocycles. The van der Waals surface area contributed by atoms with E-state index in [0.29, 0.717) is 17.5 Å². The van der Waals surface area contributed by atoms with Gasteiger partial charge in [0.1, 0.15) is 17.2 Å². The Labute approximate surface area is 175 Å². The van der Waals surface area contributed by atoms with Gasteiger partial charge in [0.15, 0.2) is 0 Å². The molecule has 162 valence electrons. The van der Waals surface area contributed by atoms with Gasteiger partial charge in [-0.25, -0.2) is 9.03 Å². The van der Waals surface area contributed by atoms with Crippen LogP contribution >= 0.6 is 0 Å². The van der Waals surface area contributed by atoms with Gasteiger partial charge in [-0.3, -0.25) is 0 Å². The molecule has 0 saturated heterocycles. The fourth-order valence-corrected chi connectivity index (χ4v) is 5.12. The third kappa shape index (κ3) is 4.79. The number of nitrogens with zero attached hydrogens (tertiary/aromatic N) is 1. The van der Waals surface area contributed by atoms with Crippen LogP contribution in [0.2, 0.25) is 0 Å². The number of rotatable bonds is 7. The Kier molecular flexibility index (Phi) is 5.86. The van der Waals surface area contributed by atoms with Gasteiger partial charge in [0, 0.05) is 12.0 Å². The first kappa shape index (κ1) is 21.8. The van der Waals surface area contributed by atoms with Gasteiger partial charge in [-0.2, -0.15) is 16.8 Å². The molecule has 0 unspecified atom stereocenters. The Bertz CT molecular complexity index is 1210. The van der Waals surface area contributed by atoms with Gasteiger partial charge in [-0.05, 0) is 37.1 Å². The van der Waals surface area contributed by atoms with E-state index in [-0.39, 0.29) is 29.4 Å². The number of aliphatic hydroxyl groups excluding tert-OH is 1. The molecule has 11 heteroatoms. The Morgan fingerprint density at radius 1 is 1.13 bits per heavy atom. The monoisotopic (exact) mass is 454 g/mol. The summed E-state index contributed by atoms with van der Waals surface area (Å²) in [7, 11) is -7.74. The Hall–Kier alpha value is -2.92. The summed E-state index contributed by atoms with van der Waals surface area (Å²) in [4.78, 5) is 0. The molecule has 0 amide bonds. The molecule has 0 spiro atoms. The van der Waals surface area contributed by atoms with Crippen LogP contribution in [0.25, 0.3) is 0 Å². The molecular weight excluding hydrogens is 432 g/mol. The number of hydrogen-bond acceptors (Lipinski definition) is 7. The number of benzene rings is 2. The minimum absolute atomic E-state index is 0.0402. The van der Waals surface area contributed by atoms with Crippen molar-refractivity contribution >= 4 is 26.0 Å². The highest BCUT2D eigenvalue weighted by molar-refractivity contribution is 7.91. The van der Waals surface area contributed by atoms with E-state index in [9.17, 15) is 27.0 Å². The molecule has 0 aliphatic carbocycles. The second-order valence-corrected chi connectivity index (χ2v) is 10.1. The van der Waals surface area contributed by atoms with Gasteiger partial charge in [0.2, 0.25) is 5.88 Å². The number of hydrogen-bond donors (Lipinski definition) is 3. The highest BCUT2D eigenvalue weighted by Crippen LogP contribution is 2.34. The van der Waals surface area contributed by atoms with Crippen LogP contribution in [0.15, 0.2) is 48.5 Å². The summed E-state index contributed by atoms with van der Waals surface area (Å²) < 4.78 is 56.0. The van der Waals surface area contributed by atoms with Crippen LogP contribution < -0.4 is 13.2 Å². The molecule has 30 heavy (non-hydrogen) atoms. The van der Waals surface area contributed by atoms with Crippen LogP contribution in [0.4, 0.5) is 5.69 Å². The van der Waals surface area contributed by atoms with Crippen molar-refractivity contribution in [1.29, 1.82) is 0 Å². The van der Waals surface area contributed by atoms with Crippen molar-refractivity contribution in [3.8, 4) is 11.5 Å². The van der Waals surface area contributed by atoms with Gasteiger partial charge in [0.05, 0.1) is 12.0 Å². The Morgan fingerprint density at radius 2 is 1.87 bits per heavy atom. The number of phenols is 1. The van der Waals surface area contributed by atoms with Crippen molar-refractivity contribution in [3.63, 3.8) is 0 Å². The first-order valence-electron chi connectivity index (χ1n) is 9.07. The molecule has 1 aliphatic rings. The summed E-state index contributed by atoms with van der Waals surface area (Å²) in [5.74, 6) is -0.781. The lowest BCUT2D eigenvalue weighted by Gasteiger charge is -2.16. The first-order chi connectivity index (χ1) is 14.0. The van der Waals surface area contributed by atoms with Crippen molar-refractivity contribution < 1.29 is 31.2 Å². The number of nitrogens with one attached hydrogen (secondary N) is 1. The average Bonchev–Trinajstić information content (AvgIpc) is 2.89. The SMILES string of the molecule is CCCS(=O)(=O)Oc1ccc(C)cc1Cc1ccc(N2C=C(O)NS2(=O)=O)c(O)c1. The van der Waals surface area contributed by atoms with Gasteiger partial charge < -0.3 is 14.4 Å².